The van der Waals surface area contributed by atoms with E-state index in [1.807, 2.05) is 18.2 Å². The largest absolute Gasteiger partial charge is 0.456 e. The lowest BCUT2D eigenvalue weighted by Gasteiger charge is -2.10. The van der Waals surface area contributed by atoms with Crippen LogP contribution < -0.4 is 4.74 Å². The van der Waals surface area contributed by atoms with Crippen LogP contribution in [-0.2, 0) is 0 Å². The number of carbonyl (C=O) groups excluding carboxylic acids is 1. The number of nitrogens with zero attached hydrogens (tertiary/aromatic N) is 1. The predicted octanol–water partition coefficient (Wildman–Crippen LogP) is 4.37. The monoisotopic (exact) mass is 281 g/mol. The molecule has 104 valence electrons. The molecule has 21 heavy (non-hydrogen) atoms. The van der Waals surface area contributed by atoms with Crippen LogP contribution in [0.1, 0.15) is 17.3 Å². The van der Waals surface area contributed by atoms with Gasteiger partial charge in [-0.05, 0) is 37.3 Å². The first-order chi connectivity index (χ1) is 10.1. The van der Waals surface area contributed by atoms with Crippen molar-refractivity contribution < 1.29 is 13.9 Å². The van der Waals surface area contributed by atoms with Gasteiger partial charge in [0.15, 0.2) is 5.78 Å². The van der Waals surface area contributed by atoms with E-state index in [1.54, 1.807) is 24.4 Å². The third-order valence-electron chi connectivity index (χ3n) is 3.13. The number of hydrogen-bond acceptors (Lipinski definition) is 3. The molecular weight excluding hydrogens is 269 g/mol. The number of Topliss-reactive ketones (excluding diaryl/α,β-unsaturated/α-hetero) is 1. The van der Waals surface area contributed by atoms with Gasteiger partial charge in [-0.25, -0.2) is 4.39 Å². The van der Waals surface area contributed by atoms with Gasteiger partial charge in [-0.3, -0.25) is 9.78 Å². The third kappa shape index (κ3) is 2.60. The topological polar surface area (TPSA) is 39.2 Å². The molecule has 1 heterocycles. The molecular formula is C17H12FNO2. The molecule has 0 fully saturated rings. The van der Waals surface area contributed by atoms with Crippen LogP contribution in [0, 0.1) is 5.82 Å². The van der Waals surface area contributed by atoms with Gasteiger partial charge < -0.3 is 4.74 Å². The predicted molar refractivity (Wildman–Crippen MR) is 78.2 cm³/mol. The average Bonchev–Trinajstić information content (AvgIpc) is 2.47. The number of carbonyl (C=O) groups is 1. The first-order valence-electron chi connectivity index (χ1n) is 6.47. The second-order valence-electron chi connectivity index (χ2n) is 4.63. The number of pyridine rings is 1. The minimum absolute atomic E-state index is 0.0429. The molecule has 0 spiro atoms. The fourth-order valence-electron chi connectivity index (χ4n) is 2.17. The maximum atomic E-state index is 13.7. The van der Waals surface area contributed by atoms with Crippen LogP contribution in [0.3, 0.4) is 0 Å². The molecule has 4 heteroatoms. The molecule has 0 aliphatic rings. The molecule has 0 saturated heterocycles. The summed E-state index contributed by atoms with van der Waals surface area (Å²) < 4.78 is 19.4. The summed E-state index contributed by atoms with van der Waals surface area (Å²) in [6.45, 7) is 1.31. The SMILES string of the molecule is CC(=O)c1c(F)cccc1Oc1ccc2cccnc2c1. The van der Waals surface area contributed by atoms with Crippen molar-refractivity contribution in [3.8, 4) is 11.5 Å². The molecule has 0 aliphatic carbocycles. The van der Waals surface area contributed by atoms with E-state index >= 15 is 0 Å². The van der Waals surface area contributed by atoms with E-state index in [-0.39, 0.29) is 17.1 Å². The van der Waals surface area contributed by atoms with Crippen LogP contribution in [-0.4, -0.2) is 10.8 Å². The van der Waals surface area contributed by atoms with Crippen molar-refractivity contribution in [2.45, 2.75) is 6.92 Å². The highest BCUT2D eigenvalue weighted by atomic mass is 19.1. The van der Waals surface area contributed by atoms with Gasteiger partial charge in [0, 0.05) is 17.6 Å². The van der Waals surface area contributed by atoms with Crippen molar-refractivity contribution in [1.29, 1.82) is 0 Å². The van der Waals surface area contributed by atoms with Crippen molar-refractivity contribution in [3.63, 3.8) is 0 Å². The lowest BCUT2D eigenvalue weighted by atomic mass is 10.1. The second-order valence-corrected chi connectivity index (χ2v) is 4.63. The summed E-state index contributed by atoms with van der Waals surface area (Å²) >= 11 is 0. The highest BCUT2D eigenvalue weighted by Gasteiger charge is 2.14. The number of ether oxygens (including phenoxy) is 1. The fraction of sp³-hybridized carbons (Fsp3) is 0.0588. The van der Waals surface area contributed by atoms with Gasteiger partial charge in [-0.15, -0.1) is 0 Å². The molecule has 0 radical (unpaired) electrons. The Morgan fingerprint density at radius 2 is 2.00 bits per heavy atom. The summed E-state index contributed by atoms with van der Waals surface area (Å²) in [7, 11) is 0. The molecule has 1 aromatic heterocycles. The van der Waals surface area contributed by atoms with Gasteiger partial charge in [-0.1, -0.05) is 12.1 Å². The Balaban J connectivity index is 2.02. The van der Waals surface area contributed by atoms with Gasteiger partial charge in [0.2, 0.25) is 0 Å². The van der Waals surface area contributed by atoms with E-state index in [1.165, 1.54) is 19.1 Å². The maximum Gasteiger partial charge on any atom is 0.166 e. The van der Waals surface area contributed by atoms with E-state index in [0.717, 1.165) is 10.9 Å². The number of aromatic nitrogens is 1. The summed E-state index contributed by atoms with van der Waals surface area (Å²) in [4.78, 5) is 15.8. The van der Waals surface area contributed by atoms with E-state index < -0.39 is 5.82 Å². The zero-order chi connectivity index (χ0) is 14.8. The molecule has 0 atom stereocenters. The molecule has 2 aromatic carbocycles. The summed E-state index contributed by atoms with van der Waals surface area (Å²) in [5.74, 6) is -0.243. The molecule has 0 aliphatic heterocycles. The van der Waals surface area contributed by atoms with Crippen molar-refractivity contribution in [2.75, 3.05) is 0 Å². The average molecular weight is 281 g/mol. The second kappa shape index (κ2) is 5.32. The summed E-state index contributed by atoms with van der Waals surface area (Å²) in [6.07, 6.45) is 1.69. The minimum Gasteiger partial charge on any atom is -0.456 e. The Labute approximate surface area is 121 Å². The van der Waals surface area contributed by atoms with Gasteiger partial charge in [-0.2, -0.15) is 0 Å². The number of ketones is 1. The lowest BCUT2D eigenvalue weighted by molar-refractivity contribution is 0.101. The van der Waals surface area contributed by atoms with Crippen LogP contribution in [0.25, 0.3) is 10.9 Å². The Hall–Kier alpha value is -2.75. The Morgan fingerprint density at radius 1 is 1.14 bits per heavy atom. The number of benzene rings is 2. The Kier molecular flexibility index (Phi) is 3.36. The zero-order valence-electron chi connectivity index (χ0n) is 11.3. The smallest absolute Gasteiger partial charge is 0.166 e. The van der Waals surface area contributed by atoms with Gasteiger partial charge in [0.25, 0.3) is 0 Å². The standard InChI is InChI=1S/C17H12FNO2/c1-11(20)17-14(18)5-2-6-16(17)21-13-8-7-12-4-3-9-19-15(12)10-13/h2-10H,1H3. The Morgan fingerprint density at radius 3 is 2.81 bits per heavy atom. The van der Waals surface area contributed by atoms with Crippen LogP contribution in [0.2, 0.25) is 0 Å². The van der Waals surface area contributed by atoms with Gasteiger partial charge in [0.1, 0.15) is 17.3 Å². The van der Waals surface area contributed by atoms with Crippen LogP contribution in [0.4, 0.5) is 4.39 Å². The molecule has 0 saturated carbocycles. The van der Waals surface area contributed by atoms with Crippen molar-refractivity contribution in [3.05, 3.63) is 66.1 Å². The normalized spacial score (nSPS) is 10.6. The molecule has 0 bridgehead atoms. The number of hydrogen-bond donors (Lipinski definition) is 0. The van der Waals surface area contributed by atoms with E-state index in [2.05, 4.69) is 4.98 Å². The van der Waals surface area contributed by atoms with Gasteiger partial charge >= 0.3 is 0 Å². The third-order valence-corrected chi connectivity index (χ3v) is 3.13. The fourth-order valence-corrected chi connectivity index (χ4v) is 2.17. The van der Waals surface area contributed by atoms with Crippen molar-refractivity contribution >= 4 is 16.7 Å². The summed E-state index contributed by atoms with van der Waals surface area (Å²) in [5.41, 5.74) is 0.731. The lowest BCUT2D eigenvalue weighted by Crippen LogP contribution is -2.00. The van der Waals surface area contributed by atoms with Crippen LogP contribution in [0.15, 0.2) is 54.7 Å². The maximum absolute atomic E-state index is 13.7. The Bertz CT molecular complexity index is 830. The van der Waals surface area contributed by atoms with Gasteiger partial charge in [0.05, 0.1) is 11.1 Å². The quantitative estimate of drug-likeness (QED) is 0.669. The van der Waals surface area contributed by atoms with Crippen molar-refractivity contribution in [2.24, 2.45) is 0 Å². The number of halogens is 1. The molecule has 3 aromatic rings. The number of fused-ring (bicyclic) bond motifs is 1. The van der Waals surface area contributed by atoms with E-state index in [0.29, 0.717) is 5.75 Å². The zero-order valence-corrected chi connectivity index (χ0v) is 11.3. The van der Waals surface area contributed by atoms with Crippen LogP contribution in [0.5, 0.6) is 11.5 Å². The first-order valence-corrected chi connectivity index (χ1v) is 6.47. The molecule has 3 rings (SSSR count). The van der Waals surface area contributed by atoms with E-state index in [4.69, 9.17) is 4.74 Å². The molecule has 0 unspecified atom stereocenters. The van der Waals surface area contributed by atoms with Crippen LogP contribution >= 0.6 is 0 Å². The summed E-state index contributed by atoms with van der Waals surface area (Å²) in [6, 6.07) is 13.5. The highest BCUT2D eigenvalue weighted by molar-refractivity contribution is 5.97. The molecule has 0 N–H and O–H groups in total. The minimum atomic E-state index is -0.584. The number of rotatable bonds is 3. The molecule has 0 amide bonds. The highest BCUT2D eigenvalue weighted by Crippen LogP contribution is 2.29. The van der Waals surface area contributed by atoms with E-state index in [9.17, 15) is 9.18 Å². The molecule has 3 nitrogen and oxygen atoms in total. The first kappa shape index (κ1) is 13.2. The summed E-state index contributed by atoms with van der Waals surface area (Å²) in [5, 5.41) is 0.982. The van der Waals surface area contributed by atoms with Crippen molar-refractivity contribution in [1.82, 2.24) is 4.98 Å².